The average molecular weight is 381 g/mol. The second kappa shape index (κ2) is 8.55. The van der Waals surface area contributed by atoms with E-state index in [-0.39, 0.29) is 12.4 Å². The Bertz CT molecular complexity index is 769. The van der Waals surface area contributed by atoms with Crippen molar-refractivity contribution in [1.29, 1.82) is 0 Å². The number of hydrogen-bond acceptors (Lipinski definition) is 5. The van der Waals surface area contributed by atoms with E-state index in [0.717, 1.165) is 37.5 Å². The third-order valence-electron chi connectivity index (χ3n) is 4.18. The first-order valence-electron chi connectivity index (χ1n) is 8.54. The van der Waals surface area contributed by atoms with Gasteiger partial charge in [-0.1, -0.05) is 6.92 Å². The lowest BCUT2D eigenvalue weighted by Gasteiger charge is -2.30. The number of benzene rings is 1. The largest absolute Gasteiger partial charge is 0.481 e. The van der Waals surface area contributed by atoms with Crippen molar-refractivity contribution in [3.63, 3.8) is 0 Å². The summed E-state index contributed by atoms with van der Waals surface area (Å²) in [4.78, 5) is 18.7. The fraction of sp³-hybridized carbons (Fsp3) is 0.444. The predicted molar refractivity (Wildman–Crippen MR) is 96.3 cm³/mol. The zero-order valence-corrected chi connectivity index (χ0v) is 15.3. The van der Waals surface area contributed by atoms with Crippen LogP contribution < -0.4 is 10.1 Å². The molecule has 3 rings (SSSR count). The molecule has 1 N–H and O–H groups in total. The van der Waals surface area contributed by atoms with Crippen LogP contribution in [-0.4, -0.2) is 35.5 Å². The molecule has 8 heteroatoms. The number of halogens is 2. The third-order valence-corrected chi connectivity index (χ3v) is 4.98. The van der Waals surface area contributed by atoms with Gasteiger partial charge in [0.2, 0.25) is 0 Å². The summed E-state index contributed by atoms with van der Waals surface area (Å²) in [6.45, 7) is 4.79. The Labute approximate surface area is 155 Å². The molecule has 2 heterocycles. The highest BCUT2D eigenvalue weighted by Crippen LogP contribution is 2.21. The minimum atomic E-state index is -0.843. The third kappa shape index (κ3) is 5.22. The standard InChI is InChI=1S/C18H21F2N3O2S/c1-12-3-2-6-23(8-12)9-14-11-26-18(21-14)22-17(24)10-25-16-5-4-13(19)7-15(16)20/h4-5,7,11-12H,2-3,6,8-10H2,1H3,(H,21,22,24). The van der Waals surface area contributed by atoms with Gasteiger partial charge in [-0.25, -0.2) is 13.8 Å². The van der Waals surface area contributed by atoms with Crippen molar-refractivity contribution in [2.75, 3.05) is 25.0 Å². The molecular weight excluding hydrogens is 360 g/mol. The van der Waals surface area contributed by atoms with Crippen LogP contribution in [0.25, 0.3) is 0 Å². The van der Waals surface area contributed by atoms with Crippen molar-refractivity contribution in [3.05, 3.63) is 40.9 Å². The van der Waals surface area contributed by atoms with E-state index in [2.05, 4.69) is 22.1 Å². The topological polar surface area (TPSA) is 54.5 Å². The number of anilines is 1. The molecule has 1 aromatic carbocycles. The molecule has 1 fully saturated rings. The van der Waals surface area contributed by atoms with Crippen molar-refractivity contribution in [2.45, 2.75) is 26.3 Å². The predicted octanol–water partition coefficient (Wildman–Crippen LogP) is 3.67. The fourth-order valence-electron chi connectivity index (χ4n) is 2.99. The van der Waals surface area contributed by atoms with Crippen molar-refractivity contribution in [1.82, 2.24) is 9.88 Å². The summed E-state index contributed by atoms with van der Waals surface area (Å²) in [5.74, 6) is -1.45. The molecule has 5 nitrogen and oxygen atoms in total. The minimum Gasteiger partial charge on any atom is -0.481 e. The maximum atomic E-state index is 13.5. The number of thiazole rings is 1. The van der Waals surface area contributed by atoms with Gasteiger partial charge in [-0.2, -0.15) is 0 Å². The van der Waals surface area contributed by atoms with Gasteiger partial charge in [0.15, 0.2) is 23.3 Å². The summed E-state index contributed by atoms with van der Waals surface area (Å²) in [5, 5.41) is 5.05. The Morgan fingerprint density at radius 1 is 1.46 bits per heavy atom. The summed E-state index contributed by atoms with van der Waals surface area (Å²) in [5.41, 5.74) is 0.921. The van der Waals surface area contributed by atoms with E-state index >= 15 is 0 Å². The molecule has 0 aliphatic carbocycles. The number of piperidine rings is 1. The van der Waals surface area contributed by atoms with E-state index in [1.807, 2.05) is 5.38 Å². The number of likely N-dealkylation sites (tertiary alicyclic amines) is 1. The summed E-state index contributed by atoms with van der Waals surface area (Å²) >= 11 is 1.35. The van der Waals surface area contributed by atoms with Gasteiger partial charge in [0.05, 0.1) is 5.69 Å². The number of carbonyl (C=O) groups is 1. The van der Waals surface area contributed by atoms with E-state index in [1.54, 1.807) is 0 Å². The monoisotopic (exact) mass is 381 g/mol. The van der Waals surface area contributed by atoms with E-state index in [0.29, 0.717) is 17.1 Å². The molecule has 1 amide bonds. The lowest BCUT2D eigenvalue weighted by atomic mass is 10.0. The average Bonchev–Trinajstić information content (AvgIpc) is 3.01. The van der Waals surface area contributed by atoms with Crippen LogP contribution in [0.2, 0.25) is 0 Å². The molecule has 0 saturated carbocycles. The molecule has 1 aliphatic heterocycles. The Morgan fingerprint density at radius 3 is 3.08 bits per heavy atom. The highest BCUT2D eigenvalue weighted by Gasteiger charge is 2.17. The molecule has 26 heavy (non-hydrogen) atoms. The molecule has 1 saturated heterocycles. The quantitative estimate of drug-likeness (QED) is 0.830. The van der Waals surface area contributed by atoms with Gasteiger partial charge in [0, 0.05) is 24.5 Å². The van der Waals surface area contributed by atoms with Crippen LogP contribution in [0.1, 0.15) is 25.5 Å². The smallest absolute Gasteiger partial charge is 0.264 e. The van der Waals surface area contributed by atoms with E-state index in [9.17, 15) is 13.6 Å². The molecule has 140 valence electrons. The molecule has 1 aliphatic rings. The van der Waals surface area contributed by atoms with Crippen LogP contribution in [0, 0.1) is 17.6 Å². The summed E-state index contributed by atoms with van der Waals surface area (Å²) in [6.07, 6.45) is 2.47. The SMILES string of the molecule is CC1CCCN(Cc2csc(NC(=O)COc3ccc(F)cc3F)n2)C1. The van der Waals surface area contributed by atoms with Crippen LogP contribution in [0.4, 0.5) is 13.9 Å². The number of aromatic nitrogens is 1. The van der Waals surface area contributed by atoms with Gasteiger partial charge in [-0.05, 0) is 37.4 Å². The second-order valence-electron chi connectivity index (χ2n) is 6.54. The molecule has 1 unspecified atom stereocenters. The van der Waals surface area contributed by atoms with E-state index in [1.165, 1.54) is 24.2 Å². The number of hydrogen-bond donors (Lipinski definition) is 1. The number of ether oxygens (including phenoxy) is 1. The van der Waals surface area contributed by atoms with Crippen LogP contribution in [-0.2, 0) is 11.3 Å². The minimum absolute atomic E-state index is 0.166. The zero-order chi connectivity index (χ0) is 18.5. The van der Waals surface area contributed by atoms with Gasteiger partial charge in [-0.15, -0.1) is 11.3 Å². The molecule has 0 radical (unpaired) electrons. The van der Waals surface area contributed by atoms with Gasteiger partial charge in [-0.3, -0.25) is 15.0 Å². The molecule has 0 bridgehead atoms. The van der Waals surface area contributed by atoms with Crippen LogP contribution >= 0.6 is 11.3 Å². The maximum absolute atomic E-state index is 13.5. The number of nitrogens with one attached hydrogen (secondary N) is 1. The Kier molecular flexibility index (Phi) is 6.16. The molecule has 1 atom stereocenters. The number of carbonyl (C=O) groups excluding carboxylic acids is 1. The van der Waals surface area contributed by atoms with Gasteiger partial charge >= 0.3 is 0 Å². The molecular formula is C18H21F2N3O2S. The summed E-state index contributed by atoms with van der Waals surface area (Å²) < 4.78 is 31.4. The fourth-order valence-corrected chi connectivity index (χ4v) is 3.70. The number of rotatable bonds is 6. The van der Waals surface area contributed by atoms with Crippen LogP contribution in [0.5, 0.6) is 5.75 Å². The molecule has 1 aromatic heterocycles. The first kappa shape index (κ1) is 18.7. The maximum Gasteiger partial charge on any atom is 0.264 e. The summed E-state index contributed by atoms with van der Waals surface area (Å²) in [7, 11) is 0. The van der Waals surface area contributed by atoms with Gasteiger partial charge in [0.25, 0.3) is 5.91 Å². The Hall–Kier alpha value is -2.06. The zero-order valence-electron chi connectivity index (χ0n) is 14.5. The van der Waals surface area contributed by atoms with E-state index in [4.69, 9.17) is 4.74 Å². The van der Waals surface area contributed by atoms with Crippen molar-refractivity contribution in [3.8, 4) is 5.75 Å². The summed E-state index contributed by atoms with van der Waals surface area (Å²) in [6, 6.07) is 2.94. The first-order chi connectivity index (χ1) is 12.5. The van der Waals surface area contributed by atoms with E-state index < -0.39 is 17.5 Å². The first-order valence-corrected chi connectivity index (χ1v) is 9.42. The van der Waals surface area contributed by atoms with Crippen molar-refractivity contribution < 1.29 is 18.3 Å². The van der Waals surface area contributed by atoms with Crippen LogP contribution in [0.3, 0.4) is 0 Å². The Morgan fingerprint density at radius 2 is 2.31 bits per heavy atom. The number of amides is 1. The molecule has 0 spiro atoms. The van der Waals surface area contributed by atoms with Crippen molar-refractivity contribution >= 4 is 22.4 Å². The van der Waals surface area contributed by atoms with Gasteiger partial charge < -0.3 is 4.74 Å². The Balaban J connectivity index is 1.48. The highest BCUT2D eigenvalue weighted by molar-refractivity contribution is 7.13. The normalized spacial score (nSPS) is 17.9. The lowest BCUT2D eigenvalue weighted by Crippen LogP contribution is -2.33. The lowest BCUT2D eigenvalue weighted by molar-refractivity contribution is -0.118. The van der Waals surface area contributed by atoms with Crippen molar-refractivity contribution in [2.24, 2.45) is 5.92 Å². The van der Waals surface area contributed by atoms with Gasteiger partial charge in [0.1, 0.15) is 5.82 Å². The highest BCUT2D eigenvalue weighted by atomic mass is 32.1. The second-order valence-corrected chi connectivity index (χ2v) is 7.40. The molecule has 2 aromatic rings. The number of nitrogens with zero attached hydrogens (tertiary/aromatic N) is 2. The van der Waals surface area contributed by atoms with Crippen LogP contribution in [0.15, 0.2) is 23.6 Å².